The molecule has 0 radical (unpaired) electrons. The molecule has 0 aliphatic carbocycles. The molecule has 2 aliphatic heterocycles. The molecule has 2 heterocycles. The molecule has 2 fully saturated rings. The van der Waals surface area contributed by atoms with Crippen LogP contribution in [-0.4, -0.2) is 37.4 Å². The summed E-state index contributed by atoms with van der Waals surface area (Å²) in [6.07, 6.45) is 1.10. The maximum Gasteiger partial charge on any atom is 0.306 e. The van der Waals surface area contributed by atoms with Crippen LogP contribution in [0.4, 0.5) is 0 Å². The molecule has 0 amide bonds. The third-order valence-electron chi connectivity index (χ3n) is 5.08. The highest BCUT2D eigenvalue weighted by molar-refractivity contribution is 7.89. The Morgan fingerprint density at radius 1 is 1.22 bits per heavy atom. The number of fused-ring (bicyclic) bond motifs is 1. The van der Waals surface area contributed by atoms with Gasteiger partial charge in [0.05, 0.1) is 4.90 Å². The molecule has 0 aromatic heterocycles. The Kier molecular flexibility index (Phi) is 4.01. The van der Waals surface area contributed by atoms with Gasteiger partial charge < -0.3 is 4.74 Å². The second-order valence-corrected chi connectivity index (χ2v) is 9.05. The van der Waals surface area contributed by atoms with Gasteiger partial charge in [-0.2, -0.15) is 4.31 Å². The van der Waals surface area contributed by atoms with Gasteiger partial charge in [-0.15, -0.1) is 0 Å². The normalized spacial score (nSPS) is 28.0. The van der Waals surface area contributed by atoms with Crippen LogP contribution in [0.25, 0.3) is 0 Å². The Labute approximate surface area is 137 Å². The fourth-order valence-electron chi connectivity index (χ4n) is 3.70. The number of hydrogen-bond acceptors (Lipinski definition) is 4. The van der Waals surface area contributed by atoms with Crippen molar-refractivity contribution >= 4 is 16.0 Å². The highest BCUT2D eigenvalue weighted by Gasteiger charge is 2.48. The highest BCUT2D eigenvalue weighted by Crippen LogP contribution is 2.41. The summed E-state index contributed by atoms with van der Waals surface area (Å²) in [6.45, 7) is 6.55. The average molecular weight is 337 g/mol. The molecule has 6 heteroatoms. The minimum Gasteiger partial charge on any atom is -0.459 e. The lowest BCUT2D eigenvalue weighted by molar-refractivity contribution is -0.180. The van der Waals surface area contributed by atoms with Crippen molar-refractivity contribution in [2.45, 2.75) is 44.1 Å². The predicted octanol–water partition coefficient (Wildman–Crippen LogP) is 2.35. The van der Waals surface area contributed by atoms with Gasteiger partial charge >= 0.3 is 5.97 Å². The summed E-state index contributed by atoms with van der Waals surface area (Å²) in [6, 6.07) is 6.93. The van der Waals surface area contributed by atoms with Crippen molar-refractivity contribution in [3.05, 3.63) is 29.8 Å². The van der Waals surface area contributed by atoms with Crippen LogP contribution in [0, 0.1) is 18.8 Å². The molecule has 0 saturated carbocycles. The quantitative estimate of drug-likeness (QED) is 0.777. The fraction of sp³-hybridized carbons (Fsp3) is 0.588. The molecule has 3 rings (SSSR count). The number of sulfonamides is 1. The standard InChI is InChI=1S/C17H23NO4S/c1-12-4-6-14(7-5-12)23(20,21)18-9-8-13-10-16(19)22-17(2,3)15(13)11-18/h4-7,13,15H,8-11H2,1-3H3/t13-,15+/m1/s1. The number of esters is 1. The Morgan fingerprint density at radius 3 is 2.52 bits per heavy atom. The van der Waals surface area contributed by atoms with E-state index < -0.39 is 15.6 Å². The maximum absolute atomic E-state index is 12.9. The third-order valence-corrected chi connectivity index (χ3v) is 6.96. The molecule has 23 heavy (non-hydrogen) atoms. The zero-order valence-electron chi connectivity index (χ0n) is 13.8. The van der Waals surface area contributed by atoms with Crippen LogP contribution < -0.4 is 0 Å². The molecule has 0 unspecified atom stereocenters. The van der Waals surface area contributed by atoms with E-state index in [1.165, 1.54) is 0 Å². The smallest absolute Gasteiger partial charge is 0.306 e. The molecule has 5 nitrogen and oxygen atoms in total. The van der Waals surface area contributed by atoms with Crippen molar-refractivity contribution < 1.29 is 17.9 Å². The first-order chi connectivity index (χ1) is 10.7. The van der Waals surface area contributed by atoms with Crippen LogP contribution in [0.5, 0.6) is 0 Å². The van der Waals surface area contributed by atoms with Gasteiger partial charge in [0.25, 0.3) is 0 Å². The highest BCUT2D eigenvalue weighted by atomic mass is 32.2. The minimum absolute atomic E-state index is 0.0363. The van der Waals surface area contributed by atoms with Crippen LogP contribution in [0.3, 0.4) is 0 Å². The number of hydrogen-bond donors (Lipinski definition) is 0. The van der Waals surface area contributed by atoms with E-state index in [1.807, 2.05) is 32.9 Å². The third kappa shape index (κ3) is 3.02. The average Bonchev–Trinajstić information content (AvgIpc) is 2.46. The number of benzene rings is 1. The molecule has 1 aromatic carbocycles. The van der Waals surface area contributed by atoms with E-state index in [9.17, 15) is 13.2 Å². The monoisotopic (exact) mass is 337 g/mol. The number of rotatable bonds is 2. The fourth-order valence-corrected chi connectivity index (χ4v) is 5.19. The topological polar surface area (TPSA) is 63.7 Å². The lowest BCUT2D eigenvalue weighted by Crippen LogP contribution is -2.55. The van der Waals surface area contributed by atoms with E-state index in [1.54, 1.807) is 16.4 Å². The van der Waals surface area contributed by atoms with Crippen LogP contribution in [0.1, 0.15) is 32.3 Å². The lowest BCUT2D eigenvalue weighted by Gasteiger charge is -2.48. The number of cyclic esters (lactones) is 1. The zero-order valence-corrected chi connectivity index (χ0v) is 14.6. The molecule has 0 bridgehead atoms. The number of ether oxygens (including phenoxy) is 1. The van der Waals surface area contributed by atoms with Crippen molar-refractivity contribution in [1.82, 2.24) is 4.31 Å². The summed E-state index contributed by atoms with van der Waals surface area (Å²) >= 11 is 0. The summed E-state index contributed by atoms with van der Waals surface area (Å²) in [5.74, 6) is 0.0657. The minimum atomic E-state index is -3.50. The van der Waals surface area contributed by atoms with Crippen molar-refractivity contribution in [3.63, 3.8) is 0 Å². The van der Waals surface area contributed by atoms with Gasteiger partial charge in [-0.05, 0) is 45.2 Å². The first-order valence-electron chi connectivity index (χ1n) is 7.99. The molecule has 0 spiro atoms. The number of carbonyl (C=O) groups excluding carboxylic acids is 1. The first kappa shape index (κ1) is 16.5. The molecule has 2 saturated heterocycles. The van der Waals surface area contributed by atoms with E-state index in [4.69, 9.17) is 4.74 Å². The van der Waals surface area contributed by atoms with Gasteiger partial charge in [0.2, 0.25) is 10.0 Å². The Hall–Kier alpha value is -1.40. The van der Waals surface area contributed by atoms with Crippen LogP contribution in [0.15, 0.2) is 29.2 Å². The summed E-state index contributed by atoms with van der Waals surface area (Å²) in [5.41, 5.74) is 0.407. The van der Waals surface area contributed by atoms with Crippen molar-refractivity contribution in [1.29, 1.82) is 0 Å². The lowest BCUT2D eigenvalue weighted by atomic mass is 9.73. The number of aryl methyl sites for hydroxylation is 1. The van der Waals surface area contributed by atoms with E-state index in [-0.39, 0.29) is 17.8 Å². The van der Waals surface area contributed by atoms with Crippen molar-refractivity contribution in [2.24, 2.45) is 11.8 Å². The van der Waals surface area contributed by atoms with Crippen molar-refractivity contribution in [2.75, 3.05) is 13.1 Å². The molecule has 0 N–H and O–H groups in total. The predicted molar refractivity (Wildman–Crippen MR) is 86.3 cm³/mol. The van der Waals surface area contributed by atoms with Crippen LogP contribution in [0.2, 0.25) is 0 Å². The summed E-state index contributed by atoms with van der Waals surface area (Å²) in [7, 11) is -3.50. The molecule has 2 atom stereocenters. The van der Waals surface area contributed by atoms with Crippen molar-refractivity contribution in [3.8, 4) is 0 Å². The SMILES string of the molecule is Cc1ccc(S(=O)(=O)N2CC[C@@H]3CC(=O)OC(C)(C)[C@H]3C2)cc1. The van der Waals surface area contributed by atoms with Gasteiger partial charge in [0.1, 0.15) is 5.60 Å². The Bertz CT molecular complexity index is 709. The first-order valence-corrected chi connectivity index (χ1v) is 9.43. The Balaban J connectivity index is 1.85. The van der Waals surface area contributed by atoms with E-state index in [0.717, 1.165) is 5.56 Å². The van der Waals surface area contributed by atoms with Gasteiger partial charge in [0.15, 0.2) is 0 Å². The van der Waals surface area contributed by atoms with E-state index in [0.29, 0.717) is 30.8 Å². The number of piperidine rings is 1. The summed E-state index contributed by atoms with van der Waals surface area (Å²) < 4.78 is 32.7. The molecular formula is C17H23NO4S. The van der Waals surface area contributed by atoms with Gasteiger partial charge in [0, 0.05) is 25.4 Å². The van der Waals surface area contributed by atoms with Gasteiger partial charge in [-0.3, -0.25) is 4.79 Å². The Morgan fingerprint density at radius 2 is 1.87 bits per heavy atom. The second kappa shape index (κ2) is 5.60. The van der Waals surface area contributed by atoms with Crippen LogP contribution >= 0.6 is 0 Å². The molecule has 126 valence electrons. The zero-order chi connectivity index (χ0) is 16.8. The van der Waals surface area contributed by atoms with E-state index in [2.05, 4.69) is 0 Å². The second-order valence-electron chi connectivity index (χ2n) is 7.11. The summed E-state index contributed by atoms with van der Waals surface area (Å²) in [5, 5.41) is 0. The van der Waals surface area contributed by atoms with Gasteiger partial charge in [-0.1, -0.05) is 17.7 Å². The largest absolute Gasteiger partial charge is 0.459 e. The maximum atomic E-state index is 12.9. The van der Waals surface area contributed by atoms with E-state index >= 15 is 0 Å². The van der Waals surface area contributed by atoms with Gasteiger partial charge in [-0.25, -0.2) is 8.42 Å². The number of carbonyl (C=O) groups is 1. The number of nitrogens with zero attached hydrogens (tertiary/aromatic N) is 1. The van der Waals surface area contributed by atoms with Crippen LogP contribution in [-0.2, 0) is 19.6 Å². The molecule has 2 aliphatic rings. The molecular weight excluding hydrogens is 314 g/mol. The molecule has 1 aromatic rings. The summed E-state index contributed by atoms with van der Waals surface area (Å²) in [4.78, 5) is 12.0.